The summed E-state index contributed by atoms with van der Waals surface area (Å²) >= 11 is 7.28. The molecule has 1 N–H and O–H groups in total. The van der Waals surface area contributed by atoms with Crippen molar-refractivity contribution in [2.45, 2.75) is 46.1 Å². The number of thiophene rings is 1. The third-order valence-electron chi connectivity index (χ3n) is 4.49. The molecule has 2 aromatic rings. The second-order valence-corrected chi connectivity index (χ2v) is 7.80. The van der Waals surface area contributed by atoms with Gasteiger partial charge in [0, 0.05) is 4.88 Å². The van der Waals surface area contributed by atoms with Gasteiger partial charge in [-0.05, 0) is 50.0 Å². The molecule has 1 aliphatic rings. The largest absolute Gasteiger partial charge is 0.462 e. The van der Waals surface area contributed by atoms with Crippen LogP contribution in [0.1, 0.15) is 46.3 Å². The summed E-state index contributed by atoms with van der Waals surface area (Å²) in [7, 11) is 0. The van der Waals surface area contributed by atoms with Crippen LogP contribution in [0.4, 0.5) is 10.8 Å². The summed E-state index contributed by atoms with van der Waals surface area (Å²) in [6, 6.07) is 0. The molecule has 0 atom stereocenters. The summed E-state index contributed by atoms with van der Waals surface area (Å²) in [5, 5.41) is 17.8. The minimum absolute atomic E-state index is 0.100. The molecule has 1 aliphatic carbocycles. The summed E-state index contributed by atoms with van der Waals surface area (Å²) in [4.78, 5) is 36.3. The van der Waals surface area contributed by atoms with Crippen LogP contribution in [0.15, 0.2) is 0 Å². The molecule has 3 rings (SSSR count). The first kappa shape index (κ1) is 20.3. The Morgan fingerprint density at radius 1 is 1.39 bits per heavy atom. The van der Waals surface area contributed by atoms with Crippen molar-refractivity contribution in [3.8, 4) is 0 Å². The van der Waals surface area contributed by atoms with Crippen LogP contribution in [0.3, 0.4) is 0 Å². The van der Waals surface area contributed by atoms with Gasteiger partial charge in [0.2, 0.25) is 5.91 Å². The number of halogens is 1. The van der Waals surface area contributed by atoms with Crippen molar-refractivity contribution in [3.05, 3.63) is 36.8 Å². The number of amides is 1. The summed E-state index contributed by atoms with van der Waals surface area (Å²) in [5.41, 5.74) is 1.68. The van der Waals surface area contributed by atoms with Crippen LogP contribution < -0.4 is 5.32 Å². The van der Waals surface area contributed by atoms with E-state index in [1.54, 1.807) is 13.8 Å². The van der Waals surface area contributed by atoms with Crippen molar-refractivity contribution in [2.75, 3.05) is 11.9 Å². The topological polar surface area (TPSA) is 116 Å². The molecule has 0 bridgehead atoms. The van der Waals surface area contributed by atoms with E-state index in [1.807, 2.05) is 0 Å². The highest BCUT2D eigenvalue weighted by molar-refractivity contribution is 7.17. The number of carbonyl (C=O) groups excluding carboxylic acids is 2. The monoisotopic (exact) mass is 426 g/mol. The lowest BCUT2D eigenvalue weighted by Crippen LogP contribution is -2.21. The van der Waals surface area contributed by atoms with Gasteiger partial charge in [-0.15, -0.1) is 11.3 Å². The fourth-order valence-corrected chi connectivity index (χ4v) is 4.65. The fraction of sp³-hybridized carbons (Fsp3) is 0.471. The molecule has 0 saturated heterocycles. The van der Waals surface area contributed by atoms with Crippen LogP contribution >= 0.6 is 22.9 Å². The van der Waals surface area contributed by atoms with E-state index >= 15 is 0 Å². The standard InChI is InChI=1S/C17H19ClN4O5S/c1-3-27-17(24)13-10-6-4-5-7-11(10)28-16(13)19-12(23)8-21-9(2)14(18)15(20-21)22(25)26/h3-8H2,1-2H3,(H,19,23). The zero-order valence-electron chi connectivity index (χ0n) is 15.4. The van der Waals surface area contributed by atoms with Gasteiger partial charge in [-0.25, -0.2) is 4.79 Å². The summed E-state index contributed by atoms with van der Waals surface area (Å²) in [6.07, 6.45) is 3.66. The molecule has 2 heterocycles. The lowest BCUT2D eigenvalue weighted by Gasteiger charge is -2.12. The molecule has 0 aromatic carbocycles. The number of aryl methyl sites for hydroxylation is 1. The first-order valence-electron chi connectivity index (χ1n) is 8.82. The average molecular weight is 427 g/mol. The zero-order chi connectivity index (χ0) is 20.4. The number of ether oxygens (including phenoxy) is 1. The molecule has 0 spiro atoms. The van der Waals surface area contributed by atoms with E-state index in [9.17, 15) is 19.7 Å². The predicted molar refractivity (Wildman–Crippen MR) is 104 cm³/mol. The van der Waals surface area contributed by atoms with Gasteiger partial charge in [-0.1, -0.05) is 11.6 Å². The number of aromatic nitrogens is 2. The number of nitrogens with zero attached hydrogens (tertiary/aromatic N) is 3. The van der Waals surface area contributed by atoms with Gasteiger partial charge in [0.05, 0.1) is 23.0 Å². The number of anilines is 1. The molecule has 0 fully saturated rings. The number of hydrogen-bond acceptors (Lipinski definition) is 7. The number of nitro groups is 1. The Morgan fingerprint density at radius 3 is 2.75 bits per heavy atom. The first-order valence-corrected chi connectivity index (χ1v) is 10.0. The Balaban J connectivity index is 1.85. The fourth-order valence-electron chi connectivity index (χ4n) is 3.15. The van der Waals surface area contributed by atoms with Crippen LogP contribution in [0, 0.1) is 17.0 Å². The van der Waals surface area contributed by atoms with Crippen molar-refractivity contribution in [1.29, 1.82) is 0 Å². The molecule has 0 unspecified atom stereocenters. The van der Waals surface area contributed by atoms with Crippen molar-refractivity contribution < 1.29 is 19.2 Å². The maximum atomic E-state index is 12.5. The molecule has 9 nitrogen and oxygen atoms in total. The third kappa shape index (κ3) is 3.88. The summed E-state index contributed by atoms with van der Waals surface area (Å²) < 4.78 is 6.34. The van der Waals surface area contributed by atoms with Gasteiger partial charge in [-0.3, -0.25) is 4.79 Å². The van der Waals surface area contributed by atoms with Gasteiger partial charge in [0.1, 0.15) is 11.5 Å². The quantitative estimate of drug-likeness (QED) is 0.429. The van der Waals surface area contributed by atoms with Crippen LogP contribution in [-0.2, 0) is 28.9 Å². The molecule has 0 radical (unpaired) electrons. The lowest BCUT2D eigenvalue weighted by molar-refractivity contribution is -0.389. The third-order valence-corrected chi connectivity index (χ3v) is 6.14. The molecule has 0 aliphatic heterocycles. The van der Waals surface area contributed by atoms with Crippen LogP contribution in [0.2, 0.25) is 5.02 Å². The molecule has 150 valence electrons. The highest BCUT2D eigenvalue weighted by atomic mass is 35.5. The smallest absolute Gasteiger partial charge is 0.408 e. The van der Waals surface area contributed by atoms with Gasteiger partial charge >= 0.3 is 11.8 Å². The number of fused-ring (bicyclic) bond motifs is 1. The second-order valence-electron chi connectivity index (χ2n) is 6.32. The molecule has 0 saturated carbocycles. The van der Waals surface area contributed by atoms with E-state index in [0.717, 1.165) is 36.1 Å². The van der Waals surface area contributed by atoms with Gasteiger partial charge < -0.3 is 20.2 Å². The van der Waals surface area contributed by atoms with E-state index in [0.29, 0.717) is 16.3 Å². The lowest BCUT2D eigenvalue weighted by atomic mass is 9.95. The number of hydrogen-bond donors (Lipinski definition) is 1. The maximum absolute atomic E-state index is 12.5. The molecule has 1 amide bonds. The SMILES string of the molecule is CCOC(=O)c1c(NC(=O)Cn2nc([N+](=O)[O-])c(Cl)c2C)sc2c1CCCC2. The Morgan fingerprint density at radius 2 is 2.11 bits per heavy atom. The van der Waals surface area contributed by atoms with Crippen LogP contribution in [0.5, 0.6) is 0 Å². The van der Waals surface area contributed by atoms with Crippen LogP contribution in [0.25, 0.3) is 0 Å². The van der Waals surface area contributed by atoms with E-state index in [-0.39, 0.29) is 18.2 Å². The normalized spacial score (nSPS) is 13.1. The van der Waals surface area contributed by atoms with E-state index in [1.165, 1.54) is 16.0 Å². The minimum Gasteiger partial charge on any atom is -0.462 e. The zero-order valence-corrected chi connectivity index (χ0v) is 17.0. The Hall–Kier alpha value is -2.46. The molecule has 2 aromatic heterocycles. The highest BCUT2D eigenvalue weighted by Gasteiger charge is 2.29. The summed E-state index contributed by atoms with van der Waals surface area (Å²) in [6.45, 7) is 3.26. The first-order chi connectivity index (χ1) is 13.3. The average Bonchev–Trinajstić information content (AvgIpc) is 3.14. The van der Waals surface area contributed by atoms with Gasteiger partial charge in [-0.2, -0.15) is 4.68 Å². The molecular weight excluding hydrogens is 408 g/mol. The molecule has 11 heteroatoms. The summed E-state index contributed by atoms with van der Waals surface area (Å²) in [5.74, 6) is -1.40. The minimum atomic E-state index is -0.698. The van der Waals surface area contributed by atoms with Crippen molar-refractivity contribution in [1.82, 2.24) is 9.78 Å². The van der Waals surface area contributed by atoms with Gasteiger partial charge in [0.25, 0.3) is 0 Å². The Kier molecular flexibility index (Phi) is 5.99. The van der Waals surface area contributed by atoms with E-state index in [2.05, 4.69) is 10.4 Å². The molecular formula is C17H19ClN4O5S. The van der Waals surface area contributed by atoms with E-state index in [4.69, 9.17) is 16.3 Å². The number of esters is 1. The Bertz CT molecular complexity index is 952. The number of rotatable bonds is 6. The van der Waals surface area contributed by atoms with Crippen LogP contribution in [-0.4, -0.2) is 33.2 Å². The van der Waals surface area contributed by atoms with Crippen molar-refractivity contribution >= 4 is 45.6 Å². The van der Waals surface area contributed by atoms with Crippen molar-refractivity contribution in [3.63, 3.8) is 0 Å². The molecule has 28 heavy (non-hydrogen) atoms. The number of nitrogens with one attached hydrogen (secondary N) is 1. The second kappa shape index (κ2) is 8.27. The maximum Gasteiger partial charge on any atom is 0.408 e. The number of carbonyl (C=O) groups is 2. The van der Waals surface area contributed by atoms with Gasteiger partial charge in [0.15, 0.2) is 5.02 Å². The predicted octanol–water partition coefficient (Wildman–Crippen LogP) is 3.51. The highest BCUT2D eigenvalue weighted by Crippen LogP contribution is 2.38. The van der Waals surface area contributed by atoms with Crippen molar-refractivity contribution in [2.24, 2.45) is 0 Å². The van der Waals surface area contributed by atoms with E-state index < -0.39 is 22.6 Å². The Labute approximate surface area is 169 Å².